The van der Waals surface area contributed by atoms with Crippen molar-refractivity contribution in [3.8, 4) is 0 Å². The largest absolute Gasteiger partial charge is 0.478 e. The summed E-state index contributed by atoms with van der Waals surface area (Å²) in [4.78, 5) is 14.9. The molecule has 0 aliphatic rings. The third kappa shape index (κ3) is 5.95. The minimum absolute atomic E-state index is 0.343. The van der Waals surface area contributed by atoms with Gasteiger partial charge in [0.1, 0.15) is 5.84 Å². The van der Waals surface area contributed by atoms with Gasteiger partial charge in [-0.1, -0.05) is 18.5 Å². The number of amidine groups is 1. The zero-order valence-corrected chi connectivity index (χ0v) is 7.99. The number of hydrogen-bond acceptors (Lipinski definition) is 3. The Morgan fingerprint density at radius 2 is 2.31 bits per heavy atom. The number of nitrogens with two attached hydrogens (primary N) is 1. The van der Waals surface area contributed by atoms with E-state index in [9.17, 15) is 4.79 Å². The van der Waals surface area contributed by atoms with Gasteiger partial charge in [0.2, 0.25) is 6.10 Å². The maximum atomic E-state index is 10.3. The molecule has 0 radical (unpaired) electrons. The van der Waals surface area contributed by atoms with Crippen molar-refractivity contribution < 1.29 is 14.7 Å². The first-order chi connectivity index (χ1) is 6.07. The van der Waals surface area contributed by atoms with E-state index in [2.05, 4.69) is 9.99 Å². The minimum Gasteiger partial charge on any atom is -0.478 e. The minimum atomic E-state index is -1.05. The lowest BCUT2D eigenvalue weighted by Gasteiger charge is -2.04. The molecule has 1 unspecified atom stereocenters. The lowest BCUT2D eigenvalue weighted by molar-refractivity contribution is -0.149. The van der Waals surface area contributed by atoms with E-state index in [1.807, 2.05) is 6.92 Å². The molecule has 13 heavy (non-hydrogen) atoms. The zero-order chi connectivity index (χ0) is 10.3. The molecule has 0 aromatic heterocycles. The summed E-state index contributed by atoms with van der Waals surface area (Å²) in [6.45, 7) is 3.44. The maximum absolute atomic E-state index is 10.3. The summed E-state index contributed by atoms with van der Waals surface area (Å²) in [5.74, 6) is -0.706. The summed E-state index contributed by atoms with van der Waals surface area (Å²) in [5, 5.41) is 11.9. The van der Waals surface area contributed by atoms with Crippen LogP contribution in [0.1, 0.15) is 33.1 Å². The average molecular weight is 188 g/mol. The van der Waals surface area contributed by atoms with Crippen LogP contribution in [-0.2, 0) is 9.63 Å². The fourth-order valence-corrected chi connectivity index (χ4v) is 0.595. The Hall–Kier alpha value is -1.26. The number of oxime groups is 1. The highest BCUT2D eigenvalue weighted by Crippen LogP contribution is 1.96. The van der Waals surface area contributed by atoms with Crippen LogP contribution in [-0.4, -0.2) is 23.0 Å². The molecule has 0 heterocycles. The van der Waals surface area contributed by atoms with Crippen LogP contribution in [0.2, 0.25) is 0 Å². The van der Waals surface area contributed by atoms with Crippen LogP contribution in [0.25, 0.3) is 0 Å². The van der Waals surface area contributed by atoms with Gasteiger partial charge in [0.15, 0.2) is 0 Å². The topological polar surface area (TPSA) is 84.9 Å². The van der Waals surface area contributed by atoms with Crippen LogP contribution in [0.15, 0.2) is 5.16 Å². The van der Waals surface area contributed by atoms with Crippen molar-refractivity contribution in [1.82, 2.24) is 0 Å². The summed E-state index contributed by atoms with van der Waals surface area (Å²) >= 11 is 0. The molecule has 1 atom stereocenters. The van der Waals surface area contributed by atoms with Gasteiger partial charge in [-0.05, 0) is 13.3 Å². The first kappa shape index (κ1) is 11.7. The second-order valence-electron chi connectivity index (χ2n) is 2.77. The molecule has 0 spiro atoms. The molecule has 5 nitrogen and oxygen atoms in total. The van der Waals surface area contributed by atoms with Gasteiger partial charge in [-0.3, -0.25) is 0 Å². The molecule has 0 aromatic carbocycles. The molecular formula is C8H16N2O3. The van der Waals surface area contributed by atoms with Crippen LogP contribution in [0.5, 0.6) is 0 Å². The van der Waals surface area contributed by atoms with E-state index in [4.69, 9.17) is 10.8 Å². The SMILES string of the molecule is CCCCC(N)=NOC(C)C(=O)O. The first-order valence-corrected chi connectivity index (χ1v) is 4.28. The number of carbonyl (C=O) groups is 1. The molecule has 5 heteroatoms. The Kier molecular flexibility index (Phi) is 5.67. The van der Waals surface area contributed by atoms with E-state index in [-0.39, 0.29) is 0 Å². The van der Waals surface area contributed by atoms with Gasteiger partial charge in [-0.25, -0.2) is 4.79 Å². The van der Waals surface area contributed by atoms with Gasteiger partial charge in [0.25, 0.3) is 0 Å². The average Bonchev–Trinajstić information content (AvgIpc) is 2.10. The van der Waals surface area contributed by atoms with Crippen LogP contribution in [0.3, 0.4) is 0 Å². The number of rotatable bonds is 6. The van der Waals surface area contributed by atoms with Crippen molar-refractivity contribution in [2.45, 2.75) is 39.2 Å². The lowest BCUT2D eigenvalue weighted by Crippen LogP contribution is -2.20. The molecule has 0 fully saturated rings. The molecule has 0 amide bonds. The van der Waals surface area contributed by atoms with Gasteiger partial charge < -0.3 is 15.7 Å². The van der Waals surface area contributed by atoms with Crippen LogP contribution < -0.4 is 5.73 Å². The number of unbranched alkanes of at least 4 members (excludes halogenated alkanes) is 1. The Morgan fingerprint density at radius 1 is 1.69 bits per heavy atom. The number of carboxylic acid groups (broad SMARTS) is 1. The van der Waals surface area contributed by atoms with Crippen molar-refractivity contribution in [1.29, 1.82) is 0 Å². The Morgan fingerprint density at radius 3 is 2.77 bits per heavy atom. The zero-order valence-electron chi connectivity index (χ0n) is 7.99. The lowest BCUT2D eigenvalue weighted by atomic mass is 10.2. The molecule has 0 aromatic rings. The van der Waals surface area contributed by atoms with Gasteiger partial charge in [-0.2, -0.15) is 0 Å². The van der Waals surface area contributed by atoms with E-state index in [0.717, 1.165) is 12.8 Å². The molecule has 0 aliphatic heterocycles. The molecule has 0 saturated carbocycles. The monoisotopic (exact) mass is 188 g/mol. The third-order valence-electron chi connectivity index (χ3n) is 1.46. The molecule has 0 saturated heterocycles. The number of carboxylic acids is 1. The number of aliphatic carboxylic acids is 1. The van der Waals surface area contributed by atoms with Gasteiger partial charge in [0, 0.05) is 6.42 Å². The van der Waals surface area contributed by atoms with E-state index in [1.54, 1.807) is 0 Å². The molecule has 76 valence electrons. The van der Waals surface area contributed by atoms with E-state index >= 15 is 0 Å². The van der Waals surface area contributed by atoms with E-state index < -0.39 is 12.1 Å². The molecular weight excluding hydrogens is 172 g/mol. The summed E-state index contributed by atoms with van der Waals surface area (Å²) in [6, 6.07) is 0. The predicted molar refractivity (Wildman–Crippen MR) is 49.3 cm³/mol. The maximum Gasteiger partial charge on any atom is 0.347 e. The van der Waals surface area contributed by atoms with Crippen molar-refractivity contribution in [2.75, 3.05) is 0 Å². The molecule has 0 bridgehead atoms. The molecule has 0 rings (SSSR count). The van der Waals surface area contributed by atoms with Crippen LogP contribution in [0, 0.1) is 0 Å². The van der Waals surface area contributed by atoms with Crippen molar-refractivity contribution in [2.24, 2.45) is 10.9 Å². The van der Waals surface area contributed by atoms with Crippen LogP contribution >= 0.6 is 0 Å². The number of nitrogens with zero attached hydrogens (tertiary/aromatic N) is 1. The third-order valence-corrected chi connectivity index (χ3v) is 1.46. The number of hydrogen-bond donors (Lipinski definition) is 2. The fourth-order valence-electron chi connectivity index (χ4n) is 0.595. The Labute approximate surface area is 77.6 Å². The normalized spacial score (nSPS) is 13.8. The highest BCUT2D eigenvalue weighted by atomic mass is 16.6. The summed E-state index contributed by atoms with van der Waals surface area (Å²) in [5.41, 5.74) is 5.44. The Bertz CT molecular complexity index is 192. The summed E-state index contributed by atoms with van der Waals surface area (Å²) < 4.78 is 0. The first-order valence-electron chi connectivity index (χ1n) is 4.28. The summed E-state index contributed by atoms with van der Waals surface area (Å²) in [7, 11) is 0. The van der Waals surface area contributed by atoms with Crippen molar-refractivity contribution in [3.63, 3.8) is 0 Å². The van der Waals surface area contributed by atoms with Crippen molar-refractivity contribution >= 4 is 11.8 Å². The quantitative estimate of drug-likeness (QED) is 0.369. The second-order valence-corrected chi connectivity index (χ2v) is 2.77. The standard InChI is InChI=1S/C8H16N2O3/c1-3-4-5-7(9)10-13-6(2)8(11)12/h6H,3-5H2,1-2H3,(H2,9,10)(H,11,12). The predicted octanol–water partition coefficient (Wildman–Crippen LogP) is 0.939. The van der Waals surface area contributed by atoms with Crippen LogP contribution in [0.4, 0.5) is 0 Å². The van der Waals surface area contributed by atoms with Gasteiger partial charge in [-0.15, -0.1) is 0 Å². The van der Waals surface area contributed by atoms with E-state index in [1.165, 1.54) is 6.92 Å². The fraction of sp³-hybridized carbons (Fsp3) is 0.750. The highest BCUT2D eigenvalue weighted by molar-refractivity contribution is 5.79. The second kappa shape index (κ2) is 6.28. The van der Waals surface area contributed by atoms with Crippen molar-refractivity contribution in [3.05, 3.63) is 0 Å². The highest BCUT2D eigenvalue weighted by Gasteiger charge is 2.11. The molecule has 3 N–H and O–H groups in total. The van der Waals surface area contributed by atoms with E-state index in [0.29, 0.717) is 12.3 Å². The Balaban J connectivity index is 3.75. The smallest absolute Gasteiger partial charge is 0.347 e. The van der Waals surface area contributed by atoms with Gasteiger partial charge in [0.05, 0.1) is 0 Å². The van der Waals surface area contributed by atoms with Gasteiger partial charge >= 0.3 is 5.97 Å². The molecule has 0 aliphatic carbocycles. The summed E-state index contributed by atoms with van der Waals surface area (Å²) in [6.07, 6.45) is 1.65.